The zero-order valence-electron chi connectivity index (χ0n) is 14.0. The second-order valence-corrected chi connectivity index (χ2v) is 5.53. The third-order valence-electron chi connectivity index (χ3n) is 3.80. The minimum atomic E-state index is 0.0756. The third-order valence-corrected chi connectivity index (χ3v) is 3.80. The number of nitrogens with zero attached hydrogens (tertiary/aromatic N) is 4. The molecule has 0 aliphatic rings. The number of hydrogen-bond acceptors (Lipinski definition) is 7. The molecule has 4 aromatic rings. The Morgan fingerprint density at radius 3 is 2.96 bits per heavy atom. The molecule has 2 heterocycles. The van der Waals surface area contributed by atoms with Crippen LogP contribution >= 0.6 is 0 Å². The van der Waals surface area contributed by atoms with E-state index in [4.69, 9.17) is 4.74 Å². The van der Waals surface area contributed by atoms with Crippen molar-refractivity contribution in [3.05, 3.63) is 48.0 Å². The molecule has 0 bridgehead atoms. The van der Waals surface area contributed by atoms with Crippen LogP contribution in [0.25, 0.3) is 22.1 Å². The van der Waals surface area contributed by atoms with Gasteiger partial charge < -0.3 is 14.8 Å². The van der Waals surface area contributed by atoms with Gasteiger partial charge in [-0.2, -0.15) is 10.1 Å². The summed E-state index contributed by atoms with van der Waals surface area (Å²) in [6.45, 7) is 2.42. The zero-order chi connectivity index (χ0) is 17.9. The Morgan fingerprint density at radius 1 is 1.23 bits per heavy atom. The summed E-state index contributed by atoms with van der Waals surface area (Å²) in [7, 11) is 0. The molecule has 0 radical (unpaired) electrons. The Kier molecular flexibility index (Phi) is 4.06. The number of rotatable bonds is 5. The Hall–Kier alpha value is -3.68. The van der Waals surface area contributed by atoms with Crippen LogP contribution in [0.15, 0.2) is 47.6 Å². The van der Waals surface area contributed by atoms with E-state index in [-0.39, 0.29) is 11.7 Å². The number of aromatic amines is 1. The fourth-order valence-corrected chi connectivity index (χ4v) is 2.62. The van der Waals surface area contributed by atoms with Gasteiger partial charge in [0.25, 0.3) is 5.95 Å². The molecule has 0 fully saturated rings. The number of hydrogen-bond donors (Lipinski definition) is 3. The summed E-state index contributed by atoms with van der Waals surface area (Å²) >= 11 is 0. The van der Waals surface area contributed by atoms with Crippen molar-refractivity contribution in [2.75, 3.05) is 12.0 Å². The number of nitrogens with one attached hydrogen (secondary N) is 2. The molecule has 130 valence electrons. The van der Waals surface area contributed by atoms with Crippen LogP contribution in [0, 0.1) is 0 Å². The van der Waals surface area contributed by atoms with Gasteiger partial charge in [0.2, 0.25) is 0 Å². The number of para-hydroxylation sites is 1. The number of aromatic hydroxyl groups is 1. The van der Waals surface area contributed by atoms with Crippen molar-refractivity contribution < 1.29 is 9.84 Å². The molecule has 0 atom stereocenters. The highest BCUT2D eigenvalue weighted by molar-refractivity contribution is 6.03. The summed E-state index contributed by atoms with van der Waals surface area (Å²) in [5, 5.41) is 23.2. The summed E-state index contributed by atoms with van der Waals surface area (Å²) in [5.41, 5.74) is 5.54. The number of hydrazone groups is 1. The van der Waals surface area contributed by atoms with E-state index < -0.39 is 0 Å². The Bertz CT molecular complexity index is 1110. The van der Waals surface area contributed by atoms with Crippen molar-refractivity contribution in [1.82, 2.24) is 20.2 Å². The number of ether oxygens (including phenoxy) is 1. The monoisotopic (exact) mass is 348 g/mol. The summed E-state index contributed by atoms with van der Waals surface area (Å²) in [5.74, 6) is 0.934. The van der Waals surface area contributed by atoms with Crippen LogP contribution in [0.5, 0.6) is 11.5 Å². The molecular weight excluding hydrogens is 332 g/mol. The summed E-state index contributed by atoms with van der Waals surface area (Å²) < 4.78 is 5.33. The molecular formula is C18H16N6O2. The molecule has 26 heavy (non-hydrogen) atoms. The van der Waals surface area contributed by atoms with Crippen LogP contribution in [0.1, 0.15) is 12.5 Å². The van der Waals surface area contributed by atoms with Gasteiger partial charge in [0, 0.05) is 22.5 Å². The first-order valence-electron chi connectivity index (χ1n) is 8.10. The molecule has 2 aromatic heterocycles. The topological polar surface area (TPSA) is 108 Å². The molecule has 0 amide bonds. The maximum absolute atomic E-state index is 9.99. The van der Waals surface area contributed by atoms with Gasteiger partial charge in [-0.1, -0.05) is 18.2 Å². The average molecular weight is 348 g/mol. The second-order valence-electron chi connectivity index (χ2n) is 5.53. The smallest absolute Gasteiger partial charge is 0.265 e. The lowest BCUT2D eigenvalue weighted by Gasteiger charge is -2.04. The van der Waals surface area contributed by atoms with E-state index in [1.165, 1.54) is 6.21 Å². The summed E-state index contributed by atoms with van der Waals surface area (Å²) in [6.07, 6.45) is 1.48. The molecule has 0 spiro atoms. The van der Waals surface area contributed by atoms with E-state index in [2.05, 4.69) is 30.7 Å². The minimum Gasteiger partial charge on any atom is -0.507 e. The molecule has 0 aliphatic heterocycles. The van der Waals surface area contributed by atoms with Crippen molar-refractivity contribution >= 4 is 34.2 Å². The van der Waals surface area contributed by atoms with Gasteiger partial charge >= 0.3 is 0 Å². The molecule has 0 saturated heterocycles. The fourth-order valence-electron chi connectivity index (χ4n) is 2.62. The quantitative estimate of drug-likeness (QED) is 0.378. The first-order valence-corrected chi connectivity index (χ1v) is 8.10. The minimum absolute atomic E-state index is 0.0756. The Morgan fingerprint density at radius 2 is 2.12 bits per heavy atom. The molecule has 2 aromatic carbocycles. The number of fused-ring (bicyclic) bond motifs is 3. The number of phenols is 1. The van der Waals surface area contributed by atoms with Crippen LogP contribution in [-0.4, -0.2) is 38.1 Å². The van der Waals surface area contributed by atoms with Crippen molar-refractivity contribution in [3.63, 3.8) is 0 Å². The van der Waals surface area contributed by atoms with Gasteiger partial charge in [0.15, 0.2) is 5.65 Å². The van der Waals surface area contributed by atoms with Gasteiger partial charge in [0.1, 0.15) is 17.0 Å². The number of aromatic nitrogens is 4. The number of benzene rings is 2. The number of phenolic OH excluding ortho intramolecular Hbond substituents is 1. The standard InChI is InChI=1S/C18H16N6O2/c1-2-26-12-8-7-11(15(25)9-12)10-19-23-18-21-17-16(22-24-18)13-5-3-4-6-14(13)20-17/h3-10,25H,2H2,1H3,(H2,20,21,23,24)/b19-10-. The predicted molar refractivity (Wildman–Crippen MR) is 99.7 cm³/mol. The lowest BCUT2D eigenvalue weighted by atomic mass is 10.2. The highest BCUT2D eigenvalue weighted by Gasteiger charge is 2.08. The van der Waals surface area contributed by atoms with Gasteiger partial charge in [-0.05, 0) is 25.1 Å². The van der Waals surface area contributed by atoms with Crippen molar-refractivity contribution in [2.24, 2.45) is 5.10 Å². The van der Waals surface area contributed by atoms with Crippen LogP contribution in [0.2, 0.25) is 0 Å². The zero-order valence-corrected chi connectivity index (χ0v) is 14.0. The maximum Gasteiger partial charge on any atom is 0.265 e. The molecule has 3 N–H and O–H groups in total. The molecule has 8 nitrogen and oxygen atoms in total. The number of anilines is 1. The van der Waals surface area contributed by atoms with E-state index in [1.54, 1.807) is 18.2 Å². The molecule has 8 heteroatoms. The second kappa shape index (κ2) is 6.67. The SMILES string of the molecule is CCOc1ccc(/C=N\Nc2nnc3c(n2)[nH]c2ccccc23)c(O)c1. The van der Waals surface area contributed by atoms with Crippen molar-refractivity contribution in [1.29, 1.82) is 0 Å². The summed E-state index contributed by atoms with van der Waals surface area (Å²) in [6, 6.07) is 12.8. The van der Waals surface area contributed by atoms with Gasteiger partial charge in [0.05, 0.1) is 12.8 Å². The number of H-pyrrole nitrogens is 1. The van der Waals surface area contributed by atoms with E-state index in [9.17, 15) is 5.11 Å². The fraction of sp³-hybridized carbons (Fsp3) is 0.111. The van der Waals surface area contributed by atoms with Gasteiger partial charge in [-0.3, -0.25) is 0 Å². The molecule has 0 saturated carbocycles. The lowest BCUT2D eigenvalue weighted by Crippen LogP contribution is -1.99. The molecule has 0 unspecified atom stereocenters. The largest absolute Gasteiger partial charge is 0.507 e. The van der Waals surface area contributed by atoms with E-state index in [0.29, 0.717) is 29.1 Å². The van der Waals surface area contributed by atoms with Crippen LogP contribution in [0.3, 0.4) is 0 Å². The van der Waals surface area contributed by atoms with Crippen LogP contribution < -0.4 is 10.2 Å². The highest BCUT2D eigenvalue weighted by Crippen LogP contribution is 2.23. The first kappa shape index (κ1) is 15.8. The molecule has 0 aliphatic carbocycles. The van der Waals surface area contributed by atoms with Crippen molar-refractivity contribution in [2.45, 2.75) is 6.92 Å². The van der Waals surface area contributed by atoms with Gasteiger partial charge in [-0.15, -0.1) is 10.2 Å². The predicted octanol–water partition coefficient (Wildman–Crippen LogP) is 3.06. The highest BCUT2D eigenvalue weighted by atomic mass is 16.5. The lowest BCUT2D eigenvalue weighted by molar-refractivity contribution is 0.337. The Balaban J connectivity index is 1.54. The normalized spacial score (nSPS) is 11.4. The van der Waals surface area contributed by atoms with Crippen LogP contribution in [0.4, 0.5) is 5.95 Å². The first-order chi connectivity index (χ1) is 12.7. The van der Waals surface area contributed by atoms with E-state index >= 15 is 0 Å². The van der Waals surface area contributed by atoms with E-state index in [0.717, 1.165) is 10.9 Å². The summed E-state index contributed by atoms with van der Waals surface area (Å²) in [4.78, 5) is 7.56. The average Bonchev–Trinajstić information content (AvgIpc) is 3.01. The maximum atomic E-state index is 9.99. The van der Waals surface area contributed by atoms with Gasteiger partial charge in [-0.25, -0.2) is 5.43 Å². The Labute approximate surface area is 148 Å². The third kappa shape index (κ3) is 3.00. The van der Waals surface area contributed by atoms with Crippen LogP contribution in [-0.2, 0) is 0 Å². The molecule has 4 rings (SSSR count). The van der Waals surface area contributed by atoms with Crippen molar-refractivity contribution in [3.8, 4) is 11.5 Å². The van der Waals surface area contributed by atoms with E-state index in [1.807, 2.05) is 31.2 Å².